The van der Waals surface area contributed by atoms with Crippen LogP contribution >= 0.6 is 0 Å². The molecule has 1 aromatic rings. The van der Waals surface area contributed by atoms with Gasteiger partial charge in [0.1, 0.15) is 5.69 Å². The van der Waals surface area contributed by atoms with Crippen LogP contribution in [0.15, 0.2) is 23.1 Å². The fraction of sp³-hybridized carbons (Fsp3) is 0.455. The van der Waals surface area contributed by atoms with Crippen LogP contribution in [-0.2, 0) is 10.0 Å². The minimum atomic E-state index is -3.95. The molecular formula is C11H16N4O4S. The summed E-state index contributed by atoms with van der Waals surface area (Å²) in [6.07, 6.45) is 0. The Morgan fingerprint density at radius 3 is 2.75 bits per heavy atom. The van der Waals surface area contributed by atoms with Gasteiger partial charge in [0.05, 0.1) is 9.82 Å². The topological polar surface area (TPSA) is 119 Å². The molecule has 0 radical (unpaired) electrons. The molecule has 110 valence electrons. The van der Waals surface area contributed by atoms with Crippen LogP contribution < -0.4 is 15.4 Å². The molecule has 1 saturated heterocycles. The maximum atomic E-state index is 11.3. The van der Waals surface area contributed by atoms with Crippen molar-refractivity contribution in [1.29, 1.82) is 0 Å². The zero-order valence-corrected chi connectivity index (χ0v) is 11.8. The first kappa shape index (κ1) is 14.7. The second kappa shape index (κ2) is 5.35. The van der Waals surface area contributed by atoms with Gasteiger partial charge < -0.3 is 10.2 Å². The first-order valence-electron chi connectivity index (χ1n) is 6.08. The van der Waals surface area contributed by atoms with Gasteiger partial charge >= 0.3 is 0 Å². The van der Waals surface area contributed by atoms with Crippen molar-refractivity contribution in [3.05, 3.63) is 28.3 Å². The van der Waals surface area contributed by atoms with Gasteiger partial charge in [-0.3, -0.25) is 10.1 Å². The molecule has 0 aliphatic carbocycles. The first-order valence-corrected chi connectivity index (χ1v) is 7.63. The Morgan fingerprint density at radius 1 is 1.50 bits per heavy atom. The number of rotatable bonds is 3. The molecule has 9 heteroatoms. The molecule has 3 N–H and O–H groups in total. The summed E-state index contributed by atoms with van der Waals surface area (Å²) in [5, 5.41) is 19.4. The van der Waals surface area contributed by atoms with Gasteiger partial charge in [-0.1, -0.05) is 0 Å². The number of benzene rings is 1. The lowest BCUT2D eigenvalue weighted by molar-refractivity contribution is -0.384. The van der Waals surface area contributed by atoms with E-state index in [9.17, 15) is 18.5 Å². The molecule has 1 heterocycles. The van der Waals surface area contributed by atoms with Crippen molar-refractivity contribution < 1.29 is 13.3 Å². The van der Waals surface area contributed by atoms with E-state index in [0.717, 1.165) is 12.6 Å². The van der Waals surface area contributed by atoms with Crippen molar-refractivity contribution in [2.24, 2.45) is 5.14 Å². The molecule has 20 heavy (non-hydrogen) atoms. The van der Waals surface area contributed by atoms with E-state index in [4.69, 9.17) is 5.14 Å². The van der Waals surface area contributed by atoms with E-state index < -0.39 is 14.9 Å². The number of primary sulfonamides is 1. The number of nitrogens with two attached hydrogens (primary N) is 1. The number of nitrogens with zero attached hydrogens (tertiary/aromatic N) is 2. The Hall–Kier alpha value is -1.71. The predicted molar refractivity (Wildman–Crippen MR) is 74.1 cm³/mol. The summed E-state index contributed by atoms with van der Waals surface area (Å²) in [7, 11) is -3.95. The van der Waals surface area contributed by atoms with Crippen LogP contribution in [0.5, 0.6) is 0 Å². The molecule has 1 aliphatic heterocycles. The largest absolute Gasteiger partial charge is 0.363 e. The van der Waals surface area contributed by atoms with Crippen LogP contribution in [0.25, 0.3) is 0 Å². The monoisotopic (exact) mass is 300 g/mol. The number of nitro benzene ring substituents is 1. The van der Waals surface area contributed by atoms with Gasteiger partial charge in [-0.25, -0.2) is 13.6 Å². The highest BCUT2D eigenvalue weighted by Gasteiger charge is 2.25. The molecular weight excluding hydrogens is 284 g/mol. The number of sulfonamides is 1. The number of hydrogen-bond acceptors (Lipinski definition) is 6. The Morgan fingerprint density at radius 2 is 2.20 bits per heavy atom. The fourth-order valence-electron chi connectivity index (χ4n) is 2.24. The second-order valence-corrected chi connectivity index (χ2v) is 6.32. The number of anilines is 1. The lowest BCUT2D eigenvalue weighted by atomic mass is 10.2. The summed E-state index contributed by atoms with van der Waals surface area (Å²) in [5.41, 5.74) is 0.168. The lowest BCUT2D eigenvalue weighted by Crippen LogP contribution is -2.49. The third-order valence-corrected chi connectivity index (χ3v) is 4.09. The SMILES string of the molecule is CC1CN(c2ccc(S(N)(=O)=O)cc2[N+](=O)[O-])CCN1. The fourth-order valence-corrected chi connectivity index (χ4v) is 2.78. The molecule has 0 saturated carbocycles. The molecule has 8 nitrogen and oxygen atoms in total. The number of hydrogen-bond donors (Lipinski definition) is 2. The smallest absolute Gasteiger partial charge is 0.293 e. The normalized spacial score (nSPS) is 19.9. The Labute approximate surface area is 116 Å². The molecule has 2 rings (SSSR count). The molecule has 1 fully saturated rings. The van der Waals surface area contributed by atoms with Gasteiger partial charge in [0.15, 0.2) is 0 Å². The molecule has 0 bridgehead atoms. The van der Waals surface area contributed by atoms with Crippen molar-refractivity contribution in [1.82, 2.24) is 5.32 Å². The Bertz CT molecular complexity index is 631. The van der Waals surface area contributed by atoms with E-state index in [1.807, 2.05) is 11.8 Å². The van der Waals surface area contributed by atoms with Gasteiger partial charge in [-0.2, -0.15) is 0 Å². The molecule has 0 aromatic heterocycles. The average molecular weight is 300 g/mol. The predicted octanol–water partition coefficient (Wildman–Crippen LogP) is 0.0403. The van der Waals surface area contributed by atoms with Gasteiger partial charge in [0.25, 0.3) is 5.69 Å². The van der Waals surface area contributed by atoms with Crippen molar-refractivity contribution >= 4 is 21.4 Å². The summed E-state index contributed by atoms with van der Waals surface area (Å²) < 4.78 is 22.6. The first-order chi connectivity index (χ1) is 9.29. The average Bonchev–Trinajstić information content (AvgIpc) is 2.37. The summed E-state index contributed by atoms with van der Waals surface area (Å²) in [4.78, 5) is 12.2. The maximum absolute atomic E-state index is 11.3. The van der Waals surface area contributed by atoms with Crippen LogP contribution in [0.3, 0.4) is 0 Å². The third-order valence-electron chi connectivity index (χ3n) is 3.18. The summed E-state index contributed by atoms with van der Waals surface area (Å²) in [6, 6.07) is 3.96. The molecule has 0 spiro atoms. The van der Waals surface area contributed by atoms with Crippen molar-refractivity contribution in [3.8, 4) is 0 Å². The number of piperazine rings is 1. The van der Waals surface area contributed by atoms with Crippen LogP contribution in [0.2, 0.25) is 0 Å². The molecule has 1 unspecified atom stereocenters. The molecule has 0 amide bonds. The van der Waals surface area contributed by atoms with Gasteiger partial charge in [-0.15, -0.1) is 0 Å². The van der Waals surface area contributed by atoms with Gasteiger partial charge in [-0.05, 0) is 19.1 Å². The van der Waals surface area contributed by atoms with Gasteiger partial charge in [0.2, 0.25) is 10.0 Å². The highest BCUT2D eigenvalue weighted by molar-refractivity contribution is 7.89. The zero-order chi connectivity index (χ0) is 14.9. The third kappa shape index (κ3) is 3.06. The van der Waals surface area contributed by atoms with E-state index >= 15 is 0 Å². The lowest BCUT2D eigenvalue weighted by Gasteiger charge is -2.33. The van der Waals surface area contributed by atoms with Gasteiger partial charge in [0, 0.05) is 31.7 Å². The van der Waals surface area contributed by atoms with Crippen molar-refractivity contribution in [2.45, 2.75) is 17.9 Å². The minimum absolute atomic E-state index is 0.210. The van der Waals surface area contributed by atoms with Crippen LogP contribution in [0.4, 0.5) is 11.4 Å². The highest BCUT2D eigenvalue weighted by Crippen LogP contribution is 2.31. The van der Waals surface area contributed by atoms with E-state index in [0.29, 0.717) is 18.8 Å². The summed E-state index contributed by atoms with van der Waals surface area (Å²) >= 11 is 0. The van der Waals surface area contributed by atoms with Crippen molar-refractivity contribution in [3.63, 3.8) is 0 Å². The molecule has 1 atom stereocenters. The summed E-state index contributed by atoms with van der Waals surface area (Å²) in [5.74, 6) is 0. The van der Waals surface area contributed by atoms with Crippen LogP contribution in [0.1, 0.15) is 6.92 Å². The molecule has 1 aliphatic rings. The summed E-state index contributed by atoms with van der Waals surface area (Å²) in [6.45, 7) is 3.95. The second-order valence-electron chi connectivity index (χ2n) is 4.75. The van der Waals surface area contributed by atoms with Crippen LogP contribution in [0, 0.1) is 10.1 Å². The maximum Gasteiger partial charge on any atom is 0.293 e. The molecule has 1 aromatic carbocycles. The highest BCUT2D eigenvalue weighted by atomic mass is 32.2. The number of nitrogens with one attached hydrogen (secondary N) is 1. The number of nitro groups is 1. The Balaban J connectivity index is 2.45. The Kier molecular flexibility index (Phi) is 3.93. The zero-order valence-electron chi connectivity index (χ0n) is 10.9. The standard InChI is InChI=1S/C11H16N4O4S/c1-8-7-14(5-4-13-8)10-3-2-9(20(12,18)19)6-11(10)15(16)17/h2-3,6,8,13H,4-5,7H2,1H3,(H2,12,18,19). The van der Waals surface area contributed by atoms with Crippen LogP contribution in [-0.4, -0.2) is 39.0 Å². The van der Waals surface area contributed by atoms with E-state index in [2.05, 4.69) is 5.32 Å². The van der Waals surface area contributed by atoms with E-state index in [-0.39, 0.29) is 16.6 Å². The van der Waals surface area contributed by atoms with Crippen molar-refractivity contribution in [2.75, 3.05) is 24.5 Å². The minimum Gasteiger partial charge on any atom is -0.363 e. The quantitative estimate of drug-likeness (QED) is 0.601. The van der Waals surface area contributed by atoms with E-state index in [1.54, 1.807) is 0 Å². The van der Waals surface area contributed by atoms with E-state index in [1.165, 1.54) is 12.1 Å².